The summed E-state index contributed by atoms with van der Waals surface area (Å²) in [5.74, 6) is 0. The van der Waals surface area contributed by atoms with Gasteiger partial charge in [0, 0.05) is 17.5 Å². The lowest BCUT2D eigenvalue weighted by molar-refractivity contribution is 0.0958. The van der Waals surface area contributed by atoms with E-state index >= 15 is 0 Å². The molecule has 0 spiro atoms. The summed E-state index contributed by atoms with van der Waals surface area (Å²) in [6.07, 6.45) is 2.80. The molecule has 2 aromatic rings. The van der Waals surface area contributed by atoms with Gasteiger partial charge in [0.15, 0.2) is 0 Å². The number of ether oxygens (including phenoxy) is 2. The van der Waals surface area contributed by atoms with Gasteiger partial charge in [0.1, 0.15) is 13.2 Å². The molecule has 2 aliphatic rings. The molecule has 0 heterocycles. The van der Waals surface area contributed by atoms with Crippen molar-refractivity contribution in [1.82, 2.24) is 10.6 Å². The van der Waals surface area contributed by atoms with Gasteiger partial charge in [-0.05, 0) is 61.1 Å². The average molecular weight is 577 g/mol. The number of amides is 2. The van der Waals surface area contributed by atoms with E-state index in [4.69, 9.17) is 15.2 Å². The van der Waals surface area contributed by atoms with Crippen LogP contribution in [-0.2, 0) is 22.7 Å². The number of nitrogens with zero attached hydrogens (tertiary/aromatic N) is 1. The summed E-state index contributed by atoms with van der Waals surface area (Å²) >= 11 is 0. The highest BCUT2D eigenvalue weighted by molar-refractivity contribution is 5.68. The molecule has 228 valence electrons. The Kier molecular flexibility index (Phi) is 10.7. The molecule has 8 nitrogen and oxygen atoms in total. The average Bonchev–Trinajstić information content (AvgIpc) is 3.35. The van der Waals surface area contributed by atoms with Gasteiger partial charge in [-0.3, -0.25) is 0 Å². The molecule has 2 fully saturated rings. The first-order valence-electron chi connectivity index (χ1n) is 14.8. The van der Waals surface area contributed by atoms with E-state index in [9.17, 15) is 14.9 Å². The van der Waals surface area contributed by atoms with Crippen LogP contribution >= 0.6 is 0 Å². The largest absolute Gasteiger partial charge is 0.445 e. The number of carbonyl (C=O) groups is 2. The van der Waals surface area contributed by atoms with Gasteiger partial charge in [-0.1, -0.05) is 95.3 Å². The standard InChI is InChI=1S/C17H26N2O2.C17H22N2O2/c2*1-16(2)14(9-10-17(16,3)12-18)19-15(20)21-11-13-7-5-4-6-8-13/h4-8,14H,9-12,18H2,1-3H3,(H,19,20);4-8,14H,9-11H2,1-3H3,(H,19,20)/t2*14-,17-/m11/s1. The summed E-state index contributed by atoms with van der Waals surface area (Å²) in [6.45, 7) is 13.8. The zero-order valence-corrected chi connectivity index (χ0v) is 26.0. The molecule has 42 heavy (non-hydrogen) atoms. The zero-order chi connectivity index (χ0) is 31.0. The lowest BCUT2D eigenvalue weighted by atomic mass is 9.68. The highest BCUT2D eigenvalue weighted by Gasteiger charge is 2.53. The molecule has 2 aromatic carbocycles. The van der Waals surface area contributed by atoms with Crippen LogP contribution in [-0.4, -0.2) is 30.8 Å². The Balaban J connectivity index is 0.000000230. The molecule has 0 aliphatic heterocycles. The van der Waals surface area contributed by atoms with Crippen LogP contribution < -0.4 is 16.4 Å². The first kappa shape index (κ1) is 32.9. The smallest absolute Gasteiger partial charge is 0.407 e. The molecule has 4 rings (SSSR count). The van der Waals surface area contributed by atoms with Crippen molar-refractivity contribution in [2.24, 2.45) is 27.4 Å². The molecular weight excluding hydrogens is 528 g/mol. The van der Waals surface area contributed by atoms with Crippen LogP contribution in [0.2, 0.25) is 0 Å². The molecule has 0 radical (unpaired) electrons. The summed E-state index contributed by atoms with van der Waals surface area (Å²) < 4.78 is 10.6. The van der Waals surface area contributed by atoms with Crippen molar-refractivity contribution in [2.45, 2.75) is 92.5 Å². The van der Waals surface area contributed by atoms with Crippen molar-refractivity contribution in [3.8, 4) is 6.07 Å². The van der Waals surface area contributed by atoms with E-state index in [-0.39, 0.29) is 41.0 Å². The summed E-state index contributed by atoms with van der Waals surface area (Å²) in [5.41, 5.74) is 7.22. The summed E-state index contributed by atoms with van der Waals surface area (Å²) in [5, 5.41) is 15.3. The molecule has 0 aromatic heterocycles. The van der Waals surface area contributed by atoms with Gasteiger partial charge in [0.25, 0.3) is 0 Å². The van der Waals surface area contributed by atoms with E-state index in [0.717, 1.165) is 36.8 Å². The third-order valence-electron chi connectivity index (χ3n) is 10.3. The fraction of sp³-hybridized carbons (Fsp3) is 0.559. The van der Waals surface area contributed by atoms with Crippen molar-refractivity contribution in [2.75, 3.05) is 6.54 Å². The monoisotopic (exact) mass is 576 g/mol. The normalized spacial score (nSPS) is 27.1. The zero-order valence-electron chi connectivity index (χ0n) is 26.0. The first-order chi connectivity index (χ1) is 19.8. The molecule has 0 saturated heterocycles. The predicted molar refractivity (Wildman–Crippen MR) is 164 cm³/mol. The summed E-state index contributed by atoms with van der Waals surface area (Å²) in [6, 6.07) is 21.7. The maximum Gasteiger partial charge on any atom is 0.407 e. The topological polar surface area (TPSA) is 126 Å². The second kappa shape index (κ2) is 13.6. The molecule has 4 atom stereocenters. The Bertz CT molecular complexity index is 1230. The number of hydrogen-bond donors (Lipinski definition) is 3. The Morgan fingerprint density at radius 2 is 1.21 bits per heavy atom. The molecule has 0 bridgehead atoms. The van der Waals surface area contributed by atoms with Crippen molar-refractivity contribution in [3.63, 3.8) is 0 Å². The Morgan fingerprint density at radius 1 is 0.786 bits per heavy atom. The van der Waals surface area contributed by atoms with Gasteiger partial charge in [-0.2, -0.15) is 5.26 Å². The minimum Gasteiger partial charge on any atom is -0.445 e. The molecular formula is C34H48N4O4. The SMILES string of the molecule is CC1(C)[C@H](NC(=O)OCc2ccccc2)CC[C@]1(C)C#N.CC1(C)[C@H](NC(=O)OCc2ccccc2)CC[C@]1(C)CN. The molecule has 2 amide bonds. The molecule has 2 aliphatic carbocycles. The number of alkyl carbamates (subject to hydrolysis) is 2. The number of nitriles is 1. The highest BCUT2D eigenvalue weighted by Crippen LogP contribution is 2.52. The number of rotatable bonds is 7. The Morgan fingerprint density at radius 3 is 1.60 bits per heavy atom. The second-order valence-electron chi connectivity index (χ2n) is 13.2. The van der Waals surface area contributed by atoms with Crippen LogP contribution in [0.4, 0.5) is 9.59 Å². The minimum absolute atomic E-state index is 0.0342. The van der Waals surface area contributed by atoms with Gasteiger partial charge in [-0.25, -0.2) is 9.59 Å². The fourth-order valence-corrected chi connectivity index (χ4v) is 5.95. The molecule has 8 heteroatoms. The molecule has 2 saturated carbocycles. The van der Waals surface area contributed by atoms with Crippen molar-refractivity contribution >= 4 is 12.2 Å². The van der Waals surface area contributed by atoms with E-state index in [1.54, 1.807) is 0 Å². The van der Waals surface area contributed by atoms with E-state index in [2.05, 4.69) is 37.5 Å². The third-order valence-corrected chi connectivity index (χ3v) is 10.3. The minimum atomic E-state index is -0.417. The van der Waals surface area contributed by atoms with E-state index in [0.29, 0.717) is 13.2 Å². The lowest BCUT2D eigenvalue weighted by Crippen LogP contribution is -2.49. The fourth-order valence-electron chi connectivity index (χ4n) is 5.95. The maximum absolute atomic E-state index is 12.0. The van der Waals surface area contributed by atoms with Crippen LogP contribution in [0.3, 0.4) is 0 Å². The second-order valence-corrected chi connectivity index (χ2v) is 13.2. The van der Waals surface area contributed by atoms with Crippen molar-refractivity contribution < 1.29 is 19.1 Å². The number of nitrogens with two attached hydrogens (primary N) is 1. The Labute approximate surface area is 251 Å². The predicted octanol–water partition coefficient (Wildman–Crippen LogP) is 6.70. The van der Waals surface area contributed by atoms with Crippen LogP contribution in [0.1, 0.15) is 78.4 Å². The van der Waals surface area contributed by atoms with Crippen LogP contribution in [0.15, 0.2) is 60.7 Å². The number of nitrogens with one attached hydrogen (secondary N) is 2. The number of benzene rings is 2. The van der Waals surface area contributed by atoms with Crippen molar-refractivity contribution in [3.05, 3.63) is 71.8 Å². The van der Waals surface area contributed by atoms with Crippen LogP contribution in [0.5, 0.6) is 0 Å². The van der Waals surface area contributed by atoms with Gasteiger partial charge >= 0.3 is 12.2 Å². The van der Waals surface area contributed by atoms with Crippen molar-refractivity contribution in [1.29, 1.82) is 5.26 Å². The first-order valence-corrected chi connectivity index (χ1v) is 14.8. The third kappa shape index (κ3) is 7.43. The Hall–Kier alpha value is -3.57. The lowest BCUT2D eigenvalue weighted by Gasteiger charge is -2.41. The van der Waals surface area contributed by atoms with Gasteiger partial charge in [-0.15, -0.1) is 0 Å². The van der Waals surface area contributed by atoms with Crippen LogP contribution in [0, 0.1) is 33.0 Å². The summed E-state index contributed by atoms with van der Waals surface area (Å²) in [7, 11) is 0. The van der Waals surface area contributed by atoms with Gasteiger partial charge < -0.3 is 25.8 Å². The maximum atomic E-state index is 12.0. The summed E-state index contributed by atoms with van der Waals surface area (Å²) in [4.78, 5) is 23.9. The number of hydrogen-bond acceptors (Lipinski definition) is 6. The van der Waals surface area contributed by atoms with Crippen LogP contribution in [0.25, 0.3) is 0 Å². The van der Waals surface area contributed by atoms with Gasteiger partial charge in [0.2, 0.25) is 0 Å². The van der Waals surface area contributed by atoms with E-state index in [1.165, 1.54) is 0 Å². The molecule has 4 N–H and O–H groups in total. The quantitative estimate of drug-likeness (QED) is 0.337. The van der Waals surface area contributed by atoms with Gasteiger partial charge in [0.05, 0.1) is 11.5 Å². The van der Waals surface area contributed by atoms with E-state index < -0.39 is 11.5 Å². The van der Waals surface area contributed by atoms with E-state index in [1.807, 2.05) is 81.4 Å². The molecule has 0 unspecified atom stereocenters. The number of carbonyl (C=O) groups excluding carboxylic acids is 2. The highest BCUT2D eigenvalue weighted by atomic mass is 16.6.